The first-order chi connectivity index (χ1) is 10.1. The van der Waals surface area contributed by atoms with E-state index < -0.39 is 0 Å². The molecular weight excluding hydrogens is 256 g/mol. The Balaban J connectivity index is 2.10. The van der Waals surface area contributed by atoms with E-state index in [1.807, 2.05) is 0 Å². The summed E-state index contributed by atoms with van der Waals surface area (Å²) in [5.41, 5.74) is 6.01. The van der Waals surface area contributed by atoms with E-state index in [-0.39, 0.29) is 0 Å². The lowest BCUT2D eigenvalue weighted by Gasteiger charge is -2.11. The van der Waals surface area contributed by atoms with Crippen molar-refractivity contribution in [2.24, 2.45) is 5.92 Å². The summed E-state index contributed by atoms with van der Waals surface area (Å²) < 4.78 is 0. The van der Waals surface area contributed by atoms with Crippen LogP contribution in [0.1, 0.15) is 37.6 Å². The molecule has 0 bridgehead atoms. The minimum atomic E-state index is 0.676. The molecule has 0 unspecified atom stereocenters. The van der Waals surface area contributed by atoms with Gasteiger partial charge in [0, 0.05) is 17.8 Å². The summed E-state index contributed by atoms with van der Waals surface area (Å²) in [5, 5.41) is 3.48. The highest BCUT2D eigenvalue weighted by Gasteiger charge is 2.04. The quantitative estimate of drug-likeness (QED) is 0.851. The molecule has 1 aromatic carbocycles. The maximum atomic E-state index is 4.76. The average molecular weight is 282 g/mol. The molecule has 2 heteroatoms. The summed E-state index contributed by atoms with van der Waals surface area (Å²) in [6.45, 7) is 10.7. The monoisotopic (exact) mass is 282 g/mol. The summed E-state index contributed by atoms with van der Waals surface area (Å²) in [6, 6.07) is 13.0. The summed E-state index contributed by atoms with van der Waals surface area (Å²) in [6.07, 6.45) is 1.08. The Morgan fingerprint density at radius 1 is 1.05 bits per heavy atom. The SMILES string of the molecule is CCc1ccc(-c2ccc(CNCC(C)C)c(C)n2)cc1. The van der Waals surface area contributed by atoms with Crippen molar-refractivity contribution in [3.63, 3.8) is 0 Å². The standard InChI is InChI=1S/C19H26N2/c1-5-16-6-8-17(9-7-16)19-11-10-18(15(4)21-19)13-20-12-14(2)3/h6-11,14,20H,5,12-13H2,1-4H3. The normalized spacial score (nSPS) is 11.1. The summed E-state index contributed by atoms with van der Waals surface area (Å²) in [4.78, 5) is 4.76. The fourth-order valence-electron chi connectivity index (χ4n) is 2.34. The van der Waals surface area contributed by atoms with Gasteiger partial charge in [-0.15, -0.1) is 0 Å². The van der Waals surface area contributed by atoms with Gasteiger partial charge in [-0.3, -0.25) is 4.98 Å². The van der Waals surface area contributed by atoms with Crippen molar-refractivity contribution in [2.75, 3.05) is 6.54 Å². The zero-order valence-electron chi connectivity index (χ0n) is 13.6. The number of benzene rings is 1. The fourth-order valence-corrected chi connectivity index (χ4v) is 2.34. The van der Waals surface area contributed by atoms with Gasteiger partial charge in [-0.2, -0.15) is 0 Å². The van der Waals surface area contributed by atoms with Crippen LogP contribution in [-0.2, 0) is 13.0 Å². The van der Waals surface area contributed by atoms with E-state index >= 15 is 0 Å². The van der Waals surface area contributed by atoms with Gasteiger partial charge in [0.05, 0.1) is 5.69 Å². The molecule has 0 saturated heterocycles. The molecule has 0 atom stereocenters. The summed E-state index contributed by atoms with van der Waals surface area (Å²) in [7, 11) is 0. The van der Waals surface area contributed by atoms with Gasteiger partial charge in [-0.05, 0) is 43.0 Å². The highest BCUT2D eigenvalue weighted by Crippen LogP contribution is 2.20. The Bertz CT molecular complexity index is 571. The van der Waals surface area contributed by atoms with Crippen LogP contribution in [0.4, 0.5) is 0 Å². The largest absolute Gasteiger partial charge is 0.312 e. The third kappa shape index (κ3) is 4.40. The van der Waals surface area contributed by atoms with Gasteiger partial charge in [0.1, 0.15) is 0 Å². The van der Waals surface area contributed by atoms with Crippen LogP contribution in [0.2, 0.25) is 0 Å². The molecule has 1 aromatic heterocycles. The number of nitrogens with zero attached hydrogens (tertiary/aromatic N) is 1. The summed E-state index contributed by atoms with van der Waals surface area (Å²) >= 11 is 0. The van der Waals surface area contributed by atoms with E-state index in [1.54, 1.807) is 0 Å². The number of hydrogen-bond donors (Lipinski definition) is 1. The third-order valence-electron chi connectivity index (χ3n) is 3.72. The average Bonchev–Trinajstić information content (AvgIpc) is 2.48. The molecule has 0 saturated carbocycles. The molecule has 112 valence electrons. The Hall–Kier alpha value is -1.67. The molecule has 2 aromatic rings. The lowest BCUT2D eigenvalue weighted by atomic mass is 10.1. The van der Waals surface area contributed by atoms with Crippen LogP contribution in [0, 0.1) is 12.8 Å². The molecule has 1 N–H and O–H groups in total. The minimum Gasteiger partial charge on any atom is -0.312 e. The highest BCUT2D eigenvalue weighted by atomic mass is 14.9. The molecule has 0 radical (unpaired) electrons. The first kappa shape index (κ1) is 15.7. The van der Waals surface area contributed by atoms with Crippen LogP contribution < -0.4 is 5.32 Å². The second-order valence-corrected chi connectivity index (χ2v) is 6.02. The number of aryl methyl sites for hydroxylation is 2. The van der Waals surface area contributed by atoms with Crippen LogP contribution in [0.5, 0.6) is 0 Å². The second-order valence-electron chi connectivity index (χ2n) is 6.02. The Labute approximate surface area is 128 Å². The van der Waals surface area contributed by atoms with E-state index in [1.165, 1.54) is 16.7 Å². The van der Waals surface area contributed by atoms with Crippen molar-refractivity contribution in [1.29, 1.82) is 0 Å². The van der Waals surface area contributed by atoms with E-state index in [4.69, 9.17) is 4.98 Å². The topological polar surface area (TPSA) is 24.9 Å². The van der Waals surface area contributed by atoms with Crippen LogP contribution in [0.15, 0.2) is 36.4 Å². The van der Waals surface area contributed by atoms with E-state index in [9.17, 15) is 0 Å². The molecule has 0 aliphatic rings. The van der Waals surface area contributed by atoms with Crippen molar-refractivity contribution < 1.29 is 0 Å². The number of rotatable bonds is 6. The lowest BCUT2D eigenvalue weighted by Crippen LogP contribution is -2.19. The zero-order valence-corrected chi connectivity index (χ0v) is 13.6. The smallest absolute Gasteiger partial charge is 0.0705 e. The van der Waals surface area contributed by atoms with E-state index in [0.717, 1.165) is 30.9 Å². The van der Waals surface area contributed by atoms with Gasteiger partial charge in [0.25, 0.3) is 0 Å². The van der Waals surface area contributed by atoms with Gasteiger partial charge < -0.3 is 5.32 Å². The molecule has 21 heavy (non-hydrogen) atoms. The molecule has 0 spiro atoms. The van der Waals surface area contributed by atoms with Crippen LogP contribution in [-0.4, -0.2) is 11.5 Å². The van der Waals surface area contributed by atoms with Gasteiger partial charge in [-0.25, -0.2) is 0 Å². The first-order valence-electron chi connectivity index (χ1n) is 7.86. The Kier molecular flexibility index (Phi) is 5.51. The number of hydrogen-bond acceptors (Lipinski definition) is 2. The Morgan fingerprint density at radius 3 is 2.33 bits per heavy atom. The zero-order chi connectivity index (χ0) is 15.2. The molecule has 0 amide bonds. The summed E-state index contributed by atoms with van der Waals surface area (Å²) in [5.74, 6) is 0.676. The number of aromatic nitrogens is 1. The lowest BCUT2D eigenvalue weighted by molar-refractivity contribution is 0.551. The Morgan fingerprint density at radius 2 is 1.76 bits per heavy atom. The molecule has 0 aliphatic carbocycles. The maximum Gasteiger partial charge on any atom is 0.0705 e. The van der Waals surface area contributed by atoms with Gasteiger partial charge in [-0.1, -0.05) is 51.1 Å². The van der Waals surface area contributed by atoms with E-state index in [0.29, 0.717) is 5.92 Å². The minimum absolute atomic E-state index is 0.676. The van der Waals surface area contributed by atoms with Gasteiger partial charge in [0.2, 0.25) is 0 Å². The van der Waals surface area contributed by atoms with E-state index in [2.05, 4.69) is 69.4 Å². The molecule has 2 nitrogen and oxygen atoms in total. The van der Waals surface area contributed by atoms with Gasteiger partial charge >= 0.3 is 0 Å². The van der Waals surface area contributed by atoms with Crippen molar-refractivity contribution in [2.45, 2.75) is 40.7 Å². The van der Waals surface area contributed by atoms with Crippen molar-refractivity contribution in [3.05, 3.63) is 53.2 Å². The third-order valence-corrected chi connectivity index (χ3v) is 3.72. The molecule has 0 fully saturated rings. The van der Waals surface area contributed by atoms with Crippen LogP contribution in [0.25, 0.3) is 11.3 Å². The molecular formula is C19H26N2. The number of pyridine rings is 1. The second kappa shape index (κ2) is 7.37. The van der Waals surface area contributed by atoms with Gasteiger partial charge in [0.15, 0.2) is 0 Å². The molecule has 1 heterocycles. The maximum absolute atomic E-state index is 4.76. The van der Waals surface area contributed by atoms with Crippen molar-refractivity contribution in [3.8, 4) is 11.3 Å². The van der Waals surface area contributed by atoms with Crippen molar-refractivity contribution in [1.82, 2.24) is 10.3 Å². The number of nitrogens with one attached hydrogen (secondary N) is 1. The van der Waals surface area contributed by atoms with Crippen LogP contribution in [0.3, 0.4) is 0 Å². The van der Waals surface area contributed by atoms with Crippen LogP contribution >= 0.6 is 0 Å². The predicted octanol–water partition coefficient (Wildman–Crippen LogP) is 4.37. The fraction of sp³-hybridized carbons (Fsp3) is 0.421. The molecule has 2 rings (SSSR count). The highest BCUT2D eigenvalue weighted by molar-refractivity contribution is 5.60. The predicted molar refractivity (Wildman–Crippen MR) is 90.3 cm³/mol. The van der Waals surface area contributed by atoms with Crippen molar-refractivity contribution >= 4 is 0 Å². The first-order valence-corrected chi connectivity index (χ1v) is 7.86. The molecule has 0 aliphatic heterocycles.